The predicted octanol–water partition coefficient (Wildman–Crippen LogP) is 5.96. The topological polar surface area (TPSA) is 42.3 Å². The van der Waals surface area contributed by atoms with Crippen LogP contribution in [0.4, 0.5) is 5.82 Å². The van der Waals surface area contributed by atoms with Crippen molar-refractivity contribution in [2.45, 2.75) is 33.5 Å². The number of hydrogen-bond acceptors (Lipinski definition) is 3. The molecule has 0 unspecified atom stereocenters. The van der Waals surface area contributed by atoms with Crippen LogP contribution in [0.5, 0.6) is 5.75 Å². The van der Waals surface area contributed by atoms with Gasteiger partial charge in [-0.1, -0.05) is 72.8 Å². The van der Waals surface area contributed by atoms with Crippen LogP contribution >= 0.6 is 12.2 Å². The van der Waals surface area contributed by atoms with Crippen molar-refractivity contribution in [3.8, 4) is 5.75 Å². The number of aryl methyl sites for hydroxylation is 1. The van der Waals surface area contributed by atoms with Gasteiger partial charge in [0.15, 0.2) is 10.9 Å². The molecule has 4 aromatic rings. The molecule has 34 heavy (non-hydrogen) atoms. The van der Waals surface area contributed by atoms with Gasteiger partial charge in [0.1, 0.15) is 11.6 Å². The number of methoxy groups -OCH3 is 1. The SMILES string of the molecule is COc1cccc(Cn2c(C)nc(NC(=S)N(Cc3ccccc3)Cc3ccccc3)c2C)c1. The minimum atomic E-state index is 0.654. The first-order valence-electron chi connectivity index (χ1n) is 11.3. The van der Waals surface area contributed by atoms with Crippen LogP contribution in [-0.4, -0.2) is 26.7 Å². The summed E-state index contributed by atoms with van der Waals surface area (Å²) in [6.07, 6.45) is 0. The van der Waals surface area contributed by atoms with Gasteiger partial charge in [-0.05, 0) is 54.9 Å². The maximum absolute atomic E-state index is 5.88. The Balaban J connectivity index is 1.54. The molecule has 4 rings (SSSR count). The Morgan fingerprint density at radius 1 is 0.882 bits per heavy atom. The van der Waals surface area contributed by atoms with Gasteiger partial charge in [0, 0.05) is 19.6 Å². The highest BCUT2D eigenvalue weighted by Crippen LogP contribution is 2.21. The van der Waals surface area contributed by atoms with E-state index < -0.39 is 0 Å². The number of anilines is 1. The lowest BCUT2D eigenvalue weighted by Crippen LogP contribution is -2.34. The molecule has 0 bridgehead atoms. The molecule has 0 saturated heterocycles. The highest BCUT2D eigenvalue weighted by atomic mass is 32.1. The molecule has 0 spiro atoms. The van der Waals surface area contributed by atoms with Crippen molar-refractivity contribution in [3.63, 3.8) is 0 Å². The highest BCUT2D eigenvalue weighted by Gasteiger charge is 2.17. The second-order valence-electron chi connectivity index (χ2n) is 8.29. The Kier molecular flexibility index (Phi) is 7.60. The van der Waals surface area contributed by atoms with E-state index in [4.69, 9.17) is 21.9 Å². The van der Waals surface area contributed by atoms with Gasteiger partial charge in [-0.15, -0.1) is 0 Å². The average molecular weight is 471 g/mol. The van der Waals surface area contributed by atoms with Crippen LogP contribution in [0.15, 0.2) is 84.9 Å². The van der Waals surface area contributed by atoms with Crippen molar-refractivity contribution in [1.82, 2.24) is 14.5 Å². The number of thiocarbonyl (C=S) groups is 1. The lowest BCUT2D eigenvalue weighted by molar-refractivity contribution is 0.412. The summed E-state index contributed by atoms with van der Waals surface area (Å²) >= 11 is 5.88. The first-order valence-corrected chi connectivity index (χ1v) is 11.7. The van der Waals surface area contributed by atoms with Crippen LogP contribution in [0.2, 0.25) is 0 Å². The summed E-state index contributed by atoms with van der Waals surface area (Å²) in [4.78, 5) is 6.97. The van der Waals surface area contributed by atoms with E-state index in [0.717, 1.165) is 28.6 Å². The molecule has 3 aromatic carbocycles. The molecule has 6 heteroatoms. The fraction of sp³-hybridized carbons (Fsp3) is 0.214. The Bertz CT molecular complexity index is 1200. The average Bonchev–Trinajstić information content (AvgIpc) is 3.12. The number of nitrogens with one attached hydrogen (secondary N) is 1. The minimum absolute atomic E-state index is 0.654. The van der Waals surface area contributed by atoms with E-state index >= 15 is 0 Å². The number of aromatic nitrogens is 2. The first-order chi connectivity index (χ1) is 16.5. The van der Waals surface area contributed by atoms with Gasteiger partial charge < -0.3 is 19.5 Å². The normalized spacial score (nSPS) is 10.7. The summed E-state index contributed by atoms with van der Waals surface area (Å²) in [5, 5.41) is 4.08. The van der Waals surface area contributed by atoms with Crippen LogP contribution < -0.4 is 10.1 Å². The predicted molar refractivity (Wildman–Crippen MR) is 142 cm³/mol. The van der Waals surface area contributed by atoms with Gasteiger partial charge in [0.05, 0.1) is 12.8 Å². The zero-order valence-corrected chi connectivity index (χ0v) is 20.7. The molecule has 0 aliphatic heterocycles. The molecule has 1 aromatic heterocycles. The standard InChI is InChI=1S/C28H30N4OS/c1-21-27(29-22(2)32(21)20-25-15-10-16-26(17-25)33-3)30-28(34)31(18-23-11-6-4-7-12-23)19-24-13-8-5-9-14-24/h4-17H,18-20H2,1-3H3,(H,30,34). The Hall–Kier alpha value is -3.64. The smallest absolute Gasteiger partial charge is 0.175 e. The first kappa shape index (κ1) is 23.5. The van der Waals surface area contributed by atoms with Crippen LogP contribution in [0.3, 0.4) is 0 Å². The maximum atomic E-state index is 5.88. The molecule has 0 amide bonds. The Labute approximate surface area is 207 Å². The lowest BCUT2D eigenvalue weighted by Gasteiger charge is -2.26. The van der Waals surface area contributed by atoms with E-state index in [1.165, 1.54) is 11.1 Å². The van der Waals surface area contributed by atoms with E-state index in [2.05, 4.69) is 82.4 Å². The molecule has 0 radical (unpaired) electrons. The second kappa shape index (κ2) is 11.0. The molecule has 174 valence electrons. The molecule has 0 fully saturated rings. The van der Waals surface area contributed by atoms with Gasteiger partial charge in [-0.2, -0.15) is 0 Å². The number of rotatable bonds is 8. The molecular weight excluding hydrogens is 440 g/mol. The molecule has 0 aliphatic carbocycles. The van der Waals surface area contributed by atoms with E-state index in [-0.39, 0.29) is 0 Å². The monoisotopic (exact) mass is 470 g/mol. The molecule has 0 aliphatic rings. The molecule has 1 N–H and O–H groups in total. The molecule has 5 nitrogen and oxygen atoms in total. The summed E-state index contributed by atoms with van der Waals surface area (Å²) in [6, 6.07) is 28.9. The van der Waals surface area contributed by atoms with Crippen LogP contribution in [0.25, 0.3) is 0 Å². The van der Waals surface area contributed by atoms with Gasteiger partial charge in [0.2, 0.25) is 0 Å². The summed E-state index contributed by atoms with van der Waals surface area (Å²) in [7, 11) is 1.69. The van der Waals surface area contributed by atoms with Crippen molar-refractivity contribution in [1.29, 1.82) is 0 Å². The number of hydrogen-bond donors (Lipinski definition) is 1. The number of ether oxygens (including phenoxy) is 1. The van der Waals surface area contributed by atoms with Crippen molar-refractivity contribution in [2.75, 3.05) is 12.4 Å². The summed E-state index contributed by atoms with van der Waals surface area (Å²) in [5.41, 5.74) is 4.62. The third-order valence-electron chi connectivity index (χ3n) is 5.83. The third-order valence-corrected chi connectivity index (χ3v) is 6.19. The van der Waals surface area contributed by atoms with E-state index in [9.17, 15) is 0 Å². The van der Waals surface area contributed by atoms with Gasteiger partial charge in [-0.3, -0.25) is 0 Å². The third kappa shape index (κ3) is 5.83. The largest absolute Gasteiger partial charge is 0.497 e. The quantitative estimate of drug-likeness (QED) is 0.322. The van der Waals surface area contributed by atoms with E-state index in [0.29, 0.717) is 24.7 Å². The van der Waals surface area contributed by atoms with Crippen LogP contribution in [-0.2, 0) is 19.6 Å². The fourth-order valence-electron chi connectivity index (χ4n) is 3.97. The minimum Gasteiger partial charge on any atom is -0.497 e. The van der Waals surface area contributed by atoms with Gasteiger partial charge in [0.25, 0.3) is 0 Å². The van der Waals surface area contributed by atoms with Crippen molar-refractivity contribution < 1.29 is 4.74 Å². The zero-order chi connectivity index (χ0) is 23.9. The zero-order valence-electron chi connectivity index (χ0n) is 19.9. The maximum Gasteiger partial charge on any atom is 0.175 e. The van der Waals surface area contributed by atoms with Gasteiger partial charge in [-0.25, -0.2) is 4.98 Å². The van der Waals surface area contributed by atoms with Crippen LogP contribution in [0, 0.1) is 13.8 Å². The summed E-state index contributed by atoms with van der Waals surface area (Å²) < 4.78 is 7.57. The number of benzene rings is 3. The van der Waals surface area contributed by atoms with E-state index in [1.54, 1.807) is 7.11 Å². The summed E-state index contributed by atoms with van der Waals surface area (Å²) in [6.45, 7) is 6.24. The van der Waals surface area contributed by atoms with Crippen molar-refractivity contribution in [2.24, 2.45) is 0 Å². The van der Waals surface area contributed by atoms with Crippen molar-refractivity contribution in [3.05, 3.63) is 113 Å². The summed E-state index contributed by atoms with van der Waals surface area (Å²) in [5.74, 6) is 2.57. The number of imidazole rings is 1. The van der Waals surface area contributed by atoms with E-state index in [1.807, 2.05) is 31.2 Å². The highest BCUT2D eigenvalue weighted by molar-refractivity contribution is 7.80. The Morgan fingerprint density at radius 2 is 1.47 bits per heavy atom. The Morgan fingerprint density at radius 3 is 2.06 bits per heavy atom. The fourth-order valence-corrected chi connectivity index (χ4v) is 4.19. The van der Waals surface area contributed by atoms with Gasteiger partial charge >= 0.3 is 0 Å². The lowest BCUT2D eigenvalue weighted by atomic mass is 10.2. The van der Waals surface area contributed by atoms with Crippen LogP contribution in [0.1, 0.15) is 28.2 Å². The number of nitrogens with zero attached hydrogens (tertiary/aromatic N) is 3. The molecule has 0 atom stereocenters. The van der Waals surface area contributed by atoms with Crippen molar-refractivity contribution >= 4 is 23.1 Å². The second-order valence-corrected chi connectivity index (χ2v) is 8.67. The molecular formula is C28H30N4OS. The molecule has 0 saturated carbocycles. The molecule has 1 heterocycles.